The number of rotatable bonds is 5. The molecule has 0 atom stereocenters. The number of aliphatic hydroxyl groups excluding tert-OH is 1. The van der Waals surface area contributed by atoms with Gasteiger partial charge in [-0.15, -0.1) is 11.3 Å². The lowest BCUT2D eigenvalue weighted by Gasteiger charge is -2.34. The molecule has 1 aliphatic rings. The van der Waals surface area contributed by atoms with Gasteiger partial charge in [0.15, 0.2) is 0 Å². The van der Waals surface area contributed by atoms with Gasteiger partial charge in [-0.25, -0.2) is 0 Å². The van der Waals surface area contributed by atoms with Crippen LogP contribution in [0.2, 0.25) is 4.34 Å². The number of hydrogen-bond donors (Lipinski definition) is 1. The molecule has 0 amide bonds. The smallest absolute Gasteiger partial charge is 0.0931 e. The van der Waals surface area contributed by atoms with Gasteiger partial charge in [-0.2, -0.15) is 0 Å². The van der Waals surface area contributed by atoms with E-state index in [-0.39, 0.29) is 0 Å². The topological polar surface area (TPSA) is 26.7 Å². The van der Waals surface area contributed by atoms with Crippen molar-refractivity contribution in [1.29, 1.82) is 0 Å². The van der Waals surface area contributed by atoms with Gasteiger partial charge in [-0.3, -0.25) is 4.90 Å². The Balaban J connectivity index is 1.72. The van der Waals surface area contributed by atoms with E-state index in [1.807, 2.05) is 6.07 Å². The number of aliphatic hydroxyl groups is 1. The lowest BCUT2D eigenvalue weighted by Crippen LogP contribution is -2.46. The normalized spacial score (nSPS) is 18.7. The first-order chi connectivity index (χ1) is 8.28. The summed E-state index contributed by atoms with van der Waals surface area (Å²) in [6.45, 7) is 6.79. The SMILES string of the molecule is OCCCN1CCN(Cc2ccc(Cl)s2)CC1. The molecule has 17 heavy (non-hydrogen) atoms. The second-order valence-electron chi connectivity index (χ2n) is 4.40. The summed E-state index contributed by atoms with van der Waals surface area (Å²) in [5.74, 6) is 0. The molecule has 2 rings (SSSR count). The average molecular weight is 275 g/mol. The van der Waals surface area contributed by atoms with Gasteiger partial charge in [0.05, 0.1) is 4.34 Å². The summed E-state index contributed by atoms with van der Waals surface area (Å²) < 4.78 is 0.876. The van der Waals surface area contributed by atoms with Gasteiger partial charge in [-0.05, 0) is 18.6 Å². The third-order valence-electron chi connectivity index (χ3n) is 3.11. The molecule has 1 N–H and O–H groups in total. The van der Waals surface area contributed by atoms with Crippen molar-refractivity contribution < 1.29 is 5.11 Å². The fourth-order valence-corrected chi connectivity index (χ4v) is 3.25. The van der Waals surface area contributed by atoms with Gasteiger partial charge >= 0.3 is 0 Å². The van der Waals surface area contributed by atoms with Crippen molar-refractivity contribution in [2.24, 2.45) is 0 Å². The molecule has 0 aromatic carbocycles. The van der Waals surface area contributed by atoms with Crippen molar-refractivity contribution >= 4 is 22.9 Å². The Bertz CT molecular complexity index is 337. The van der Waals surface area contributed by atoms with E-state index in [0.717, 1.165) is 50.0 Å². The summed E-state index contributed by atoms with van der Waals surface area (Å²) in [6, 6.07) is 4.09. The molecule has 1 fully saturated rings. The first-order valence-electron chi connectivity index (χ1n) is 6.08. The van der Waals surface area contributed by atoms with Crippen molar-refractivity contribution in [2.75, 3.05) is 39.3 Å². The maximum atomic E-state index is 8.80. The highest BCUT2D eigenvalue weighted by molar-refractivity contribution is 7.16. The summed E-state index contributed by atoms with van der Waals surface area (Å²) in [5, 5.41) is 8.80. The Hall–Kier alpha value is -0.130. The summed E-state index contributed by atoms with van der Waals surface area (Å²) >= 11 is 7.60. The van der Waals surface area contributed by atoms with E-state index in [1.165, 1.54) is 4.88 Å². The molecule has 0 aliphatic carbocycles. The summed E-state index contributed by atoms with van der Waals surface area (Å²) in [4.78, 5) is 6.24. The van der Waals surface area contributed by atoms with Crippen LogP contribution in [0.4, 0.5) is 0 Å². The zero-order valence-corrected chi connectivity index (χ0v) is 11.5. The summed E-state index contributed by atoms with van der Waals surface area (Å²) in [5.41, 5.74) is 0. The summed E-state index contributed by atoms with van der Waals surface area (Å²) in [7, 11) is 0. The molecule has 5 heteroatoms. The van der Waals surface area contributed by atoms with Crippen LogP contribution in [0, 0.1) is 0 Å². The second-order valence-corrected chi connectivity index (χ2v) is 6.20. The van der Waals surface area contributed by atoms with Crippen molar-refractivity contribution in [1.82, 2.24) is 9.80 Å². The number of piperazine rings is 1. The highest BCUT2D eigenvalue weighted by atomic mass is 35.5. The summed E-state index contributed by atoms with van der Waals surface area (Å²) in [6.07, 6.45) is 0.889. The molecule has 1 saturated heterocycles. The molecule has 0 bridgehead atoms. The van der Waals surface area contributed by atoms with Crippen LogP contribution in [0.15, 0.2) is 12.1 Å². The van der Waals surface area contributed by atoms with E-state index >= 15 is 0 Å². The second kappa shape index (κ2) is 6.71. The van der Waals surface area contributed by atoms with Gasteiger partial charge in [0.1, 0.15) is 0 Å². The Morgan fingerprint density at radius 3 is 2.47 bits per heavy atom. The minimum atomic E-state index is 0.300. The number of hydrogen-bond acceptors (Lipinski definition) is 4. The molecule has 1 aromatic heterocycles. The zero-order valence-electron chi connectivity index (χ0n) is 9.94. The fraction of sp³-hybridized carbons (Fsp3) is 0.667. The van der Waals surface area contributed by atoms with E-state index < -0.39 is 0 Å². The highest BCUT2D eigenvalue weighted by Gasteiger charge is 2.16. The number of nitrogens with zero attached hydrogens (tertiary/aromatic N) is 2. The van der Waals surface area contributed by atoms with Crippen molar-refractivity contribution in [2.45, 2.75) is 13.0 Å². The Morgan fingerprint density at radius 1 is 1.18 bits per heavy atom. The van der Waals surface area contributed by atoms with Gasteiger partial charge in [-0.1, -0.05) is 11.6 Å². The van der Waals surface area contributed by atoms with Crippen LogP contribution in [-0.2, 0) is 6.54 Å². The van der Waals surface area contributed by atoms with Gasteiger partial charge in [0, 0.05) is 50.8 Å². The molecule has 0 saturated carbocycles. The maximum Gasteiger partial charge on any atom is 0.0931 e. The molecular formula is C12H19ClN2OS. The molecule has 1 aromatic rings. The van der Waals surface area contributed by atoms with Gasteiger partial charge in [0.2, 0.25) is 0 Å². The molecule has 0 radical (unpaired) electrons. The Kier molecular flexibility index (Phi) is 5.25. The minimum Gasteiger partial charge on any atom is -0.396 e. The molecule has 0 spiro atoms. The van der Waals surface area contributed by atoms with E-state index in [9.17, 15) is 0 Å². The van der Waals surface area contributed by atoms with Crippen molar-refractivity contribution in [3.8, 4) is 0 Å². The lowest BCUT2D eigenvalue weighted by molar-refractivity contribution is 0.120. The van der Waals surface area contributed by atoms with Gasteiger partial charge < -0.3 is 10.0 Å². The number of thiophene rings is 1. The van der Waals surface area contributed by atoms with Crippen LogP contribution in [0.1, 0.15) is 11.3 Å². The van der Waals surface area contributed by atoms with Crippen molar-refractivity contribution in [3.63, 3.8) is 0 Å². The van der Waals surface area contributed by atoms with Crippen LogP contribution in [-0.4, -0.2) is 54.2 Å². The largest absolute Gasteiger partial charge is 0.396 e. The fourth-order valence-electron chi connectivity index (χ4n) is 2.12. The average Bonchev–Trinajstić information content (AvgIpc) is 2.74. The lowest BCUT2D eigenvalue weighted by atomic mass is 10.3. The van der Waals surface area contributed by atoms with E-state index in [0.29, 0.717) is 6.61 Å². The van der Waals surface area contributed by atoms with Crippen molar-refractivity contribution in [3.05, 3.63) is 21.3 Å². The van der Waals surface area contributed by atoms with Crippen LogP contribution >= 0.6 is 22.9 Å². The van der Waals surface area contributed by atoms with Crippen LogP contribution in [0.3, 0.4) is 0 Å². The minimum absolute atomic E-state index is 0.300. The molecular weight excluding hydrogens is 256 g/mol. The molecule has 96 valence electrons. The van der Waals surface area contributed by atoms with Crippen LogP contribution < -0.4 is 0 Å². The highest BCUT2D eigenvalue weighted by Crippen LogP contribution is 2.23. The first-order valence-corrected chi connectivity index (χ1v) is 7.27. The quantitative estimate of drug-likeness (QED) is 0.889. The van der Waals surface area contributed by atoms with Crippen LogP contribution in [0.25, 0.3) is 0 Å². The predicted molar refractivity (Wildman–Crippen MR) is 72.7 cm³/mol. The predicted octanol–water partition coefficient (Wildman–Crippen LogP) is 1.90. The third-order valence-corrected chi connectivity index (χ3v) is 4.32. The maximum absolute atomic E-state index is 8.80. The third kappa shape index (κ3) is 4.23. The van der Waals surface area contributed by atoms with Gasteiger partial charge in [0.25, 0.3) is 0 Å². The van der Waals surface area contributed by atoms with E-state index in [2.05, 4.69) is 15.9 Å². The Morgan fingerprint density at radius 2 is 1.88 bits per heavy atom. The number of halogens is 1. The molecule has 0 unspecified atom stereocenters. The molecule has 3 nitrogen and oxygen atoms in total. The van der Waals surface area contributed by atoms with E-state index in [1.54, 1.807) is 11.3 Å². The standard InChI is InChI=1S/C12H19ClN2OS/c13-12-3-2-11(17-12)10-15-7-5-14(6-8-15)4-1-9-16/h2-3,16H,1,4-10H2. The first kappa shape index (κ1) is 13.3. The Labute approximate surface area is 112 Å². The molecule has 2 heterocycles. The zero-order chi connectivity index (χ0) is 12.1. The molecule has 1 aliphatic heterocycles. The van der Waals surface area contributed by atoms with E-state index in [4.69, 9.17) is 16.7 Å². The van der Waals surface area contributed by atoms with Crippen LogP contribution in [0.5, 0.6) is 0 Å². The monoisotopic (exact) mass is 274 g/mol.